The molecule has 2 N–H and O–H groups in total. The zero-order chi connectivity index (χ0) is 17.8. The fourth-order valence-electron chi connectivity index (χ4n) is 1.60. The van der Waals surface area contributed by atoms with Gasteiger partial charge in [0.1, 0.15) is 5.82 Å². The third-order valence-corrected chi connectivity index (χ3v) is 2.58. The molecule has 0 aliphatic rings. The van der Waals surface area contributed by atoms with Crippen LogP contribution in [0, 0.1) is 5.82 Å². The molecular weight excluding hydrogens is 326 g/mol. The monoisotopic (exact) mass is 337 g/mol. The molecule has 1 aromatic carbocycles. The topological polar surface area (TPSA) is 92.7 Å². The zero-order valence-corrected chi connectivity index (χ0v) is 11.6. The summed E-state index contributed by atoms with van der Waals surface area (Å²) in [6.45, 7) is 1.18. The molecule has 1 aromatic rings. The number of amides is 1. The van der Waals surface area contributed by atoms with E-state index in [9.17, 15) is 31.9 Å². The van der Waals surface area contributed by atoms with Crippen molar-refractivity contribution in [3.8, 4) is 0 Å². The molecule has 6 nitrogen and oxygen atoms in total. The Morgan fingerprint density at radius 3 is 2.39 bits per heavy atom. The lowest BCUT2D eigenvalue weighted by molar-refractivity contribution is -0.154. The van der Waals surface area contributed by atoms with E-state index in [1.807, 2.05) is 0 Å². The number of halogens is 4. The number of aliphatic carboxylic acids is 1. The zero-order valence-electron chi connectivity index (χ0n) is 11.6. The Kier molecular flexibility index (Phi) is 5.66. The summed E-state index contributed by atoms with van der Waals surface area (Å²) in [6, 6.07) is -0.953. The van der Waals surface area contributed by atoms with Gasteiger partial charge in [-0.15, -0.1) is 0 Å². The summed E-state index contributed by atoms with van der Waals surface area (Å²) in [5.41, 5.74) is -2.61. The predicted molar refractivity (Wildman–Crippen MR) is 66.9 cm³/mol. The number of ether oxygens (including phenoxy) is 1. The van der Waals surface area contributed by atoms with Crippen molar-refractivity contribution in [2.75, 3.05) is 6.61 Å². The van der Waals surface area contributed by atoms with Crippen LogP contribution in [0.25, 0.3) is 0 Å². The van der Waals surface area contributed by atoms with Gasteiger partial charge in [-0.05, 0) is 25.1 Å². The first kappa shape index (κ1) is 18.4. The number of benzene rings is 1. The molecule has 0 heterocycles. The Balaban J connectivity index is 3.14. The van der Waals surface area contributed by atoms with Gasteiger partial charge in [-0.25, -0.2) is 14.0 Å². The summed E-state index contributed by atoms with van der Waals surface area (Å²) in [4.78, 5) is 34.2. The first-order valence-electron chi connectivity index (χ1n) is 6.15. The number of hydrogen-bond acceptors (Lipinski definition) is 4. The van der Waals surface area contributed by atoms with Crippen molar-refractivity contribution >= 4 is 17.8 Å². The summed E-state index contributed by atoms with van der Waals surface area (Å²) in [7, 11) is 0. The van der Waals surface area contributed by atoms with Crippen LogP contribution in [0.5, 0.6) is 0 Å². The van der Waals surface area contributed by atoms with E-state index in [1.165, 1.54) is 6.92 Å². The minimum absolute atomic E-state index is 0.0923. The molecule has 126 valence electrons. The van der Waals surface area contributed by atoms with Gasteiger partial charge >= 0.3 is 18.1 Å². The highest BCUT2D eigenvalue weighted by atomic mass is 19.4. The van der Waals surface area contributed by atoms with Crippen molar-refractivity contribution in [3.63, 3.8) is 0 Å². The smallest absolute Gasteiger partial charge is 0.417 e. The number of nitrogens with one attached hydrogen (secondary N) is 1. The van der Waals surface area contributed by atoms with Gasteiger partial charge in [-0.3, -0.25) is 4.79 Å². The largest absolute Gasteiger partial charge is 0.479 e. The molecule has 0 spiro atoms. The number of carbonyl (C=O) groups excluding carboxylic acids is 2. The number of hydrogen-bond donors (Lipinski definition) is 2. The maximum absolute atomic E-state index is 13.0. The summed E-state index contributed by atoms with van der Waals surface area (Å²) in [6.07, 6.45) is -5.04. The number of rotatable bonds is 5. The Morgan fingerprint density at radius 2 is 1.91 bits per heavy atom. The summed E-state index contributed by atoms with van der Waals surface area (Å²) in [5.74, 6) is -5.89. The van der Waals surface area contributed by atoms with Gasteiger partial charge in [-0.1, -0.05) is 0 Å². The van der Waals surface area contributed by atoms with Gasteiger partial charge in [-0.2, -0.15) is 13.2 Å². The van der Waals surface area contributed by atoms with Crippen molar-refractivity contribution in [1.82, 2.24) is 5.32 Å². The fraction of sp³-hybridized carbons (Fsp3) is 0.308. The molecule has 0 saturated carbocycles. The van der Waals surface area contributed by atoms with E-state index >= 15 is 0 Å². The molecular formula is C13H11F4NO5. The average Bonchev–Trinajstić information content (AvgIpc) is 2.43. The van der Waals surface area contributed by atoms with Crippen LogP contribution in [0.4, 0.5) is 17.6 Å². The molecule has 1 unspecified atom stereocenters. The van der Waals surface area contributed by atoms with E-state index in [1.54, 1.807) is 5.32 Å². The van der Waals surface area contributed by atoms with Crippen molar-refractivity contribution < 1.29 is 41.8 Å². The van der Waals surface area contributed by atoms with Gasteiger partial charge in [0.05, 0.1) is 17.7 Å². The van der Waals surface area contributed by atoms with Crippen LogP contribution in [-0.4, -0.2) is 35.6 Å². The van der Waals surface area contributed by atoms with Gasteiger partial charge in [0.25, 0.3) is 5.91 Å². The molecule has 23 heavy (non-hydrogen) atoms. The van der Waals surface area contributed by atoms with Crippen LogP contribution in [0.1, 0.15) is 22.8 Å². The third-order valence-electron chi connectivity index (χ3n) is 2.58. The Labute approximate surface area is 127 Å². The Bertz CT molecular complexity index is 629. The first-order valence-corrected chi connectivity index (χ1v) is 6.15. The molecule has 0 aliphatic heterocycles. The molecule has 0 fully saturated rings. The summed E-state index contributed by atoms with van der Waals surface area (Å²) in [5, 5.41) is 10.5. The van der Waals surface area contributed by atoms with Gasteiger partial charge in [0.2, 0.25) is 6.04 Å². The molecule has 0 saturated heterocycles. The molecule has 0 bridgehead atoms. The number of esters is 1. The minimum atomic E-state index is -5.04. The maximum atomic E-state index is 13.0. The van der Waals surface area contributed by atoms with Crippen molar-refractivity contribution in [1.29, 1.82) is 0 Å². The van der Waals surface area contributed by atoms with E-state index in [4.69, 9.17) is 5.11 Å². The number of carboxylic acids is 1. The highest BCUT2D eigenvalue weighted by molar-refractivity contribution is 6.05. The van der Waals surface area contributed by atoms with Gasteiger partial charge in [0, 0.05) is 0 Å². The molecule has 10 heteroatoms. The normalized spacial score (nSPS) is 12.4. The van der Waals surface area contributed by atoms with Gasteiger partial charge in [0.15, 0.2) is 0 Å². The average molecular weight is 337 g/mol. The number of alkyl halides is 3. The van der Waals surface area contributed by atoms with Crippen LogP contribution in [-0.2, 0) is 20.5 Å². The predicted octanol–water partition coefficient (Wildman–Crippen LogP) is 1.59. The van der Waals surface area contributed by atoms with Crippen LogP contribution in [0.2, 0.25) is 0 Å². The van der Waals surface area contributed by atoms with E-state index in [-0.39, 0.29) is 12.7 Å². The van der Waals surface area contributed by atoms with E-state index in [0.717, 1.165) is 0 Å². The fourth-order valence-corrected chi connectivity index (χ4v) is 1.60. The Hall–Kier alpha value is -2.65. The lowest BCUT2D eigenvalue weighted by Gasteiger charge is -2.16. The first-order chi connectivity index (χ1) is 10.6. The highest BCUT2D eigenvalue weighted by Gasteiger charge is 2.37. The minimum Gasteiger partial charge on any atom is -0.479 e. The molecule has 1 rings (SSSR count). The van der Waals surface area contributed by atoms with Crippen LogP contribution < -0.4 is 5.32 Å². The second-order valence-corrected chi connectivity index (χ2v) is 4.18. The standard InChI is InChI=1S/C13H11F4NO5/c1-2-23-12(22)9(11(20)21)18-10(19)7-4-3-6(14)5-8(7)13(15,16)17/h3-5,9H,2H2,1H3,(H,18,19)(H,20,21). The molecule has 1 amide bonds. The third kappa shape index (κ3) is 4.66. The van der Waals surface area contributed by atoms with Crippen molar-refractivity contribution in [2.24, 2.45) is 0 Å². The van der Waals surface area contributed by atoms with Crippen LogP contribution >= 0.6 is 0 Å². The molecule has 1 atom stereocenters. The lowest BCUT2D eigenvalue weighted by Crippen LogP contribution is -2.47. The molecule has 0 radical (unpaired) electrons. The van der Waals surface area contributed by atoms with Crippen molar-refractivity contribution in [3.05, 3.63) is 35.1 Å². The SMILES string of the molecule is CCOC(=O)C(NC(=O)c1ccc(F)cc1C(F)(F)F)C(=O)O. The van der Waals surface area contributed by atoms with Crippen molar-refractivity contribution in [2.45, 2.75) is 19.1 Å². The highest BCUT2D eigenvalue weighted by Crippen LogP contribution is 2.32. The second-order valence-electron chi connectivity index (χ2n) is 4.18. The quantitative estimate of drug-likeness (QED) is 0.484. The Morgan fingerprint density at radius 1 is 1.30 bits per heavy atom. The summed E-state index contributed by atoms with van der Waals surface area (Å²) < 4.78 is 55.8. The van der Waals surface area contributed by atoms with Crippen LogP contribution in [0.3, 0.4) is 0 Å². The summed E-state index contributed by atoms with van der Waals surface area (Å²) >= 11 is 0. The lowest BCUT2D eigenvalue weighted by atomic mass is 10.1. The van der Waals surface area contributed by atoms with Crippen LogP contribution in [0.15, 0.2) is 18.2 Å². The maximum Gasteiger partial charge on any atom is 0.417 e. The van der Waals surface area contributed by atoms with E-state index in [0.29, 0.717) is 12.1 Å². The van der Waals surface area contributed by atoms with E-state index < -0.39 is 47.0 Å². The van der Waals surface area contributed by atoms with Gasteiger partial charge < -0.3 is 15.2 Å². The number of carboxylic acid groups (broad SMARTS) is 1. The van der Waals surface area contributed by atoms with E-state index in [2.05, 4.69) is 4.74 Å². The number of carbonyl (C=O) groups is 3. The molecule has 0 aromatic heterocycles. The second kappa shape index (κ2) is 7.07. The molecule has 0 aliphatic carbocycles.